The van der Waals surface area contributed by atoms with Gasteiger partial charge in [-0.15, -0.1) is 0 Å². The standard InChI is InChI=1S/C21H23NO4/c1-3-25-19-10-6-8-16-13-17(14-26-20(16)19)21(23)22-12-11-15-7-4-5-9-18(15)24-2/h4-10,13H,3,11-12,14H2,1-2H3,(H,22,23). The number of amides is 1. The van der Waals surface area contributed by atoms with E-state index in [9.17, 15) is 4.79 Å². The molecule has 0 atom stereocenters. The Morgan fingerprint density at radius 3 is 2.77 bits per heavy atom. The summed E-state index contributed by atoms with van der Waals surface area (Å²) in [6, 6.07) is 13.5. The van der Waals surface area contributed by atoms with Gasteiger partial charge in [-0.3, -0.25) is 4.79 Å². The maximum absolute atomic E-state index is 12.4. The zero-order valence-corrected chi connectivity index (χ0v) is 15.1. The zero-order chi connectivity index (χ0) is 18.4. The van der Waals surface area contributed by atoms with Gasteiger partial charge in [0.05, 0.1) is 19.3 Å². The number of hydrogen-bond donors (Lipinski definition) is 1. The summed E-state index contributed by atoms with van der Waals surface area (Å²) >= 11 is 0. The molecule has 136 valence electrons. The average molecular weight is 353 g/mol. The van der Waals surface area contributed by atoms with Crippen molar-refractivity contribution in [2.24, 2.45) is 0 Å². The first-order valence-electron chi connectivity index (χ1n) is 8.72. The summed E-state index contributed by atoms with van der Waals surface area (Å²) in [6.07, 6.45) is 2.56. The quantitative estimate of drug-likeness (QED) is 0.830. The topological polar surface area (TPSA) is 56.8 Å². The molecule has 26 heavy (non-hydrogen) atoms. The molecular weight excluding hydrogens is 330 g/mol. The number of methoxy groups -OCH3 is 1. The Morgan fingerprint density at radius 1 is 1.15 bits per heavy atom. The molecule has 2 aromatic rings. The van der Waals surface area contributed by atoms with Gasteiger partial charge in [0.1, 0.15) is 12.4 Å². The van der Waals surface area contributed by atoms with Crippen LogP contribution in [0.1, 0.15) is 18.1 Å². The van der Waals surface area contributed by atoms with Crippen molar-refractivity contribution in [3.05, 3.63) is 59.2 Å². The molecule has 1 aliphatic rings. The van der Waals surface area contributed by atoms with E-state index in [1.807, 2.05) is 55.5 Å². The Kier molecular flexibility index (Phi) is 5.79. The van der Waals surface area contributed by atoms with Crippen molar-refractivity contribution in [3.8, 4) is 17.2 Å². The molecule has 1 heterocycles. The fourth-order valence-corrected chi connectivity index (χ4v) is 2.91. The number of ether oxygens (including phenoxy) is 3. The highest BCUT2D eigenvalue weighted by Gasteiger charge is 2.20. The normalized spacial score (nSPS) is 12.5. The monoisotopic (exact) mass is 353 g/mol. The lowest BCUT2D eigenvalue weighted by Crippen LogP contribution is -2.30. The van der Waals surface area contributed by atoms with Gasteiger partial charge in [0.2, 0.25) is 0 Å². The summed E-state index contributed by atoms with van der Waals surface area (Å²) in [7, 11) is 1.65. The van der Waals surface area contributed by atoms with Crippen molar-refractivity contribution in [2.45, 2.75) is 13.3 Å². The van der Waals surface area contributed by atoms with E-state index in [0.717, 1.165) is 16.9 Å². The molecule has 0 saturated heterocycles. The second-order valence-corrected chi connectivity index (χ2v) is 5.88. The second kappa shape index (κ2) is 8.43. The predicted molar refractivity (Wildman–Crippen MR) is 101 cm³/mol. The zero-order valence-electron chi connectivity index (χ0n) is 15.1. The highest BCUT2D eigenvalue weighted by Crippen LogP contribution is 2.35. The van der Waals surface area contributed by atoms with Crippen LogP contribution in [0.3, 0.4) is 0 Å². The molecule has 3 rings (SSSR count). The molecule has 0 unspecified atom stereocenters. The lowest BCUT2D eigenvalue weighted by molar-refractivity contribution is -0.117. The number of carbonyl (C=O) groups excluding carboxylic acids is 1. The van der Waals surface area contributed by atoms with Crippen molar-refractivity contribution in [1.82, 2.24) is 5.32 Å². The van der Waals surface area contributed by atoms with E-state index in [1.54, 1.807) is 7.11 Å². The van der Waals surface area contributed by atoms with Gasteiger partial charge in [0, 0.05) is 12.1 Å². The van der Waals surface area contributed by atoms with E-state index in [1.165, 1.54) is 0 Å². The van der Waals surface area contributed by atoms with Gasteiger partial charge in [0.15, 0.2) is 11.5 Å². The summed E-state index contributed by atoms with van der Waals surface area (Å²) in [4.78, 5) is 12.4. The lowest BCUT2D eigenvalue weighted by Gasteiger charge is -2.20. The number of rotatable bonds is 7. The summed E-state index contributed by atoms with van der Waals surface area (Å²) in [5.41, 5.74) is 2.53. The first-order valence-corrected chi connectivity index (χ1v) is 8.72. The van der Waals surface area contributed by atoms with Crippen molar-refractivity contribution in [2.75, 3.05) is 26.9 Å². The third kappa shape index (κ3) is 3.99. The molecule has 0 bridgehead atoms. The maximum Gasteiger partial charge on any atom is 0.250 e. The maximum atomic E-state index is 12.4. The molecule has 1 aliphatic heterocycles. The van der Waals surface area contributed by atoms with Gasteiger partial charge in [-0.25, -0.2) is 0 Å². The molecule has 5 nitrogen and oxygen atoms in total. The van der Waals surface area contributed by atoms with E-state index in [0.29, 0.717) is 36.6 Å². The Hall–Kier alpha value is -2.95. The van der Waals surface area contributed by atoms with E-state index in [-0.39, 0.29) is 12.5 Å². The number of fused-ring (bicyclic) bond motifs is 1. The minimum absolute atomic E-state index is 0.118. The van der Waals surface area contributed by atoms with Crippen molar-refractivity contribution >= 4 is 12.0 Å². The van der Waals surface area contributed by atoms with Crippen LogP contribution in [0.5, 0.6) is 17.2 Å². The van der Waals surface area contributed by atoms with E-state index in [2.05, 4.69) is 5.32 Å². The third-order valence-corrected chi connectivity index (χ3v) is 4.18. The van der Waals surface area contributed by atoms with Gasteiger partial charge in [-0.2, -0.15) is 0 Å². The van der Waals surface area contributed by atoms with Crippen LogP contribution in [-0.2, 0) is 11.2 Å². The minimum Gasteiger partial charge on any atom is -0.496 e. The predicted octanol–water partition coefficient (Wildman–Crippen LogP) is 3.23. The lowest BCUT2D eigenvalue weighted by atomic mass is 10.1. The van der Waals surface area contributed by atoms with Crippen LogP contribution in [0.4, 0.5) is 0 Å². The minimum atomic E-state index is -0.118. The number of hydrogen-bond acceptors (Lipinski definition) is 4. The molecule has 1 amide bonds. The van der Waals surface area contributed by atoms with Crippen LogP contribution < -0.4 is 19.5 Å². The van der Waals surface area contributed by atoms with Crippen LogP contribution >= 0.6 is 0 Å². The molecule has 1 N–H and O–H groups in total. The molecule has 0 spiro atoms. The summed E-state index contributed by atoms with van der Waals surface area (Å²) in [6.45, 7) is 3.26. The van der Waals surface area contributed by atoms with Gasteiger partial charge >= 0.3 is 0 Å². The molecule has 0 saturated carbocycles. The molecule has 0 radical (unpaired) electrons. The number of carbonyl (C=O) groups is 1. The Bertz CT molecular complexity index is 813. The van der Waals surface area contributed by atoms with E-state index < -0.39 is 0 Å². The fraction of sp³-hybridized carbons (Fsp3) is 0.286. The van der Waals surface area contributed by atoms with Crippen LogP contribution in [0.2, 0.25) is 0 Å². The van der Waals surface area contributed by atoms with Crippen LogP contribution in [0, 0.1) is 0 Å². The van der Waals surface area contributed by atoms with Gasteiger partial charge in [0.25, 0.3) is 5.91 Å². The fourth-order valence-electron chi connectivity index (χ4n) is 2.91. The van der Waals surface area contributed by atoms with Gasteiger partial charge < -0.3 is 19.5 Å². The molecule has 0 aromatic heterocycles. The SMILES string of the molecule is CCOc1cccc2c1OCC(C(=O)NCCc1ccccc1OC)=C2. The van der Waals surface area contributed by atoms with Crippen molar-refractivity contribution in [3.63, 3.8) is 0 Å². The number of nitrogens with one attached hydrogen (secondary N) is 1. The van der Waals surface area contributed by atoms with Crippen molar-refractivity contribution < 1.29 is 19.0 Å². The van der Waals surface area contributed by atoms with Gasteiger partial charge in [-0.1, -0.05) is 30.3 Å². The van der Waals surface area contributed by atoms with Crippen LogP contribution in [-0.4, -0.2) is 32.8 Å². The van der Waals surface area contributed by atoms with E-state index in [4.69, 9.17) is 14.2 Å². The van der Waals surface area contributed by atoms with Gasteiger partial charge in [-0.05, 0) is 37.1 Å². The average Bonchev–Trinajstić information content (AvgIpc) is 2.68. The first-order chi connectivity index (χ1) is 12.7. The molecule has 2 aromatic carbocycles. The van der Waals surface area contributed by atoms with E-state index >= 15 is 0 Å². The Morgan fingerprint density at radius 2 is 1.96 bits per heavy atom. The molecular formula is C21H23NO4. The highest BCUT2D eigenvalue weighted by atomic mass is 16.5. The summed E-state index contributed by atoms with van der Waals surface area (Å²) in [5, 5.41) is 2.95. The Labute approximate surface area is 153 Å². The molecule has 0 fully saturated rings. The summed E-state index contributed by atoms with van der Waals surface area (Å²) in [5.74, 6) is 2.11. The van der Waals surface area contributed by atoms with Crippen LogP contribution in [0.15, 0.2) is 48.0 Å². The smallest absolute Gasteiger partial charge is 0.250 e. The molecule has 5 heteroatoms. The number of benzene rings is 2. The van der Waals surface area contributed by atoms with Crippen LogP contribution in [0.25, 0.3) is 6.08 Å². The second-order valence-electron chi connectivity index (χ2n) is 5.88. The third-order valence-electron chi connectivity index (χ3n) is 4.18. The molecule has 0 aliphatic carbocycles. The number of para-hydroxylation sites is 2. The van der Waals surface area contributed by atoms with Crippen molar-refractivity contribution in [1.29, 1.82) is 0 Å². The largest absolute Gasteiger partial charge is 0.496 e. The summed E-state index contributed by atoms with van der Waals surface area (Å²) < 4.78 is 16.7. The highest BCUT2D eigenvalue weighted by molar-refractivity contribution is 5.99. The Balaban J connectivity index is 1.63. The first kappa shape index (κ1) is 17.9.